The zero-order chi connectivity index (χ0) is 19.0. The van der Waals surface area contributed by atoms with Gasteiger partial charge in [-0.15, -0.1) is 0 Å². The number of benzene rings is 2. The molecule has 5 heteroatoms. The van der Waals surface area contributed by atoms with Gasteiger partial charge >= 0.3 is 0 Å². The lowest BCUT2D eigenvalue weighted by atomic mass is 10.0. The Morgan fingerprint density at radius 1 is 1.19 bits per heavy atom. The first-order chi connectivity index (χ1) is 13.1. The fourth-order valence-corrected chi connectivity index (χ4v) is 3.79. The van der Waals surface area contributed by atoms with E-state index in [1.165, 1.54) is 0 Å². The summed E-state index contributed by atoms with van der Waals surface area (Å²) in [6.45, 7) is 2.28. The molecule has 5 nitrogen and oxygen atoms in total. The molecule has 138 valence electrons. The van der Waals surface area contributed by atoms with Gasteiger partial charge in [0.25, 0.3) is 5.91 Å². The Balaban J connectivity index is 1.91. The van der Waals surface area contributed by atoms with Gasteiger partial charge < -0.3 is 14.4 Å². The van der Waals surface area contributed by atoms with Gasteiger partial charge in [0.1, 0.15) is 5.76 Å². The number of amides is 1. The monoisotopic (exact) mass is 363 g/mol. The number of aliphatic hydroxyl groups excluding tert-OH is 1. The van der Waals surface area contributed by atoms with Crippen LogP contribution in [-0.4, -0.2) is 35.1 Å². The normalized spacial score (nSPS) is 16.8. The van der Waals surface area contributed by atoms with Crippen molar-refractivity contribution in [3.05, 3.63) is 69.9 Å². The number of nitrogens with zero attached hydrogens (tertiary/aromatic N) is 1. The van der Waals surface area contributed by atoms with Crippen LogP contribution >= 0.6 is 0 Å². The standard InChI is InChI=1S/C22H21NO4/c1-14-19(25)17-10-5-11-18(22(26)23-12-6-9-16(23)13-24)21(17)27-20(14)15-7-3-2-4-8-15/h2-5,7-8,10-11,16,24H,6,9,12-13H2,1H3/t16-/m0/s1. The zero-order valence-corrected chi connectivity index (χ0v) is 15.1. The van der Waals surface area contributed by atoms with Crippen molar-refractivity contribution in [1.29, 1.82) is 0 Å². The fourth-order valence-electron chi connectivity index (χ4n) is 3.79. The average Bonchev–Trinajstić information content (AvgIpc) is 3.19. The molecule has 2 aromatic carbocycles. The van der Waals surface area contributed by atoms with Gasteiger partial charge in [0, 0.05) is 17.7 Å². The topological polar surface area (TPSA) is 70.8 Å². The van der Waals surface area contributed by atoms with Crippen LogP contribution in [0.15, 0.2) is 57.7 Å². The zero-order valence-electron chi connectivity index (χ0n) is 15.1. The van der Waals surface area contributed by atoms with Gasteiger partial charge in [-0.1, -0.05) is 36.4 Å². The van der Waals surface area contributed by atoms with Gasteiger partial charge in [-0.3, -0.25) is 9.59 Å². The molecule has 0 unspecified atom stereocenters. The maximum absolute atomic E-state index is 13.1. The summed E-state index contributed by atoms with van der Waals surface area (Å²) in [5, 5.41) is 9.95. The van der Waals surface area contributed by atoms with E-state index in [1.54, 1.807) is 30.0 Å². The average molecular weight is 363 g/mol. The molecule has 1 fully saturated rings. The highest BCUT2D eigenvalue weighted by molar-refractivity contribution is 6.05. The first-order valence-electron chi connectivity index (χ1n) is 9.15. The third-order valence-electron chi connectivity index (χ3n) is 5.26. The Bertz CT molecular complexity index is 1060. The van der Waals surface area contributed by atoms with Crippen LogP contribution < -0.4 is 5.43 Å². The summed E-state index contributed by atoms with van der Waals surface area (Å²) in [5.74, 6) is 0.275. The van der Waals surface area contributed by atoms with Gasteiger partial charge in [0.15, 0.2) is 11.0 Å². The molecule has 4 rings (SSSR count). The highest BCUT2D eigenvalue weighted by atomic mass is 16.3. The Morgan fingerprint density at radius 3 is 2.70 bits per heavy atom. The van der Waals surface area contributed by atoms with Crippen molar-refractivity contribution >= 4 is 16.9 Å². The van der Waals surface area contributed by atoms with Gasteiger partial charge in [0.05, 0.1) is 23.6 Å². The summed E-state index contributed by atoms with van der Waals surface area (Å²) in [6, 6.07) is 14.3. The Labute approximate surface area is 156 Å². The third kappa shape index (κ3) is 2.94. The van der Waals surface area contributed by atoms with Crippen molar-refractivity contribution in [2.24, 2.45) is 0 Å². The van der Waals surface area contributed by atoms with E-state index in [2.05, 4.69) is 0 Å². The molecular weight excluding hydrogens is 342 g/mol. The minimum Gasteiger partial charge on any atom is -0.455 e. The third-order valence-corrected chi connectivity index (χ3v) is 5.26. The SMILES string of the molecule is Cc1c(-c2ccccc2)oc2c(C(=O)N3CCC[C@H]3CO)cccc2c1=O. The molecule has 1 aliphatic heterocycles. The highest BCUT2D eigenvalue weighted by Crippen LogP contribution is 2.29. The number of carbonyl (C=O) groups excluding carboxylic acids is 1. The van der Waals surface area contributed by atoms with E-state index in [-0.39, 0.29) is 24.0 Å². The molecule has 3 aromatic rings. The van der Waals surface area contributed by atoms with E-state index >= 15 is 0 Å². The predicted octanol–water partition coefficient (Wildman–Crippen LogP) is 3.37. The molecule has 1 atom stereocenters. The fraction of sp³-hybridized carbons (Fsp3) is 0.273. The lowest BCUT2D eigenvalue weighted by Crippen LogP contribution is -2.37. The number of hydrogen-bond acceptors (Lipinski definition) is 4. The van der Waals surface area contributed by atoms with Crippen LogP contribution in [0.3, 0.4) is 0 Å². The van der Waals surface area contributed by atoms with E-state index < -0.39 is 0 Å². The van der Waals surface area contributed by atoms with Crippen molar-refractivity contribution in [3.63, 3.8) is 0 Å². The summed E-state index contributed by atoms with van der Waals surface area (Å²) < 4.78 is 6.13. The summed E-state index contributed by atoms with van der Waals surface area (Å²) in [4.78, 5) is 27.7. The molecule has 0 saturated carbocycles. The summed E-state index contributed by atoms with van der Waals surface area (Å²) in [6.07, 6.45) is 1.64. The van der Waals surface area contributed by atoms with Crippen LogP contribution in [0.2, 0.25) is 0 Å². The molecule has 0 radical (unpaired) electrons. The van der Waals surface area contributed by atoms with Gasteiger partial charge in [0.2, 0.25) is 0 Å². The largest absolute Gasteiger partial charge is 0.455 e. The second kappa shape index (κ2) is 7.00. The number of likely N-dealkylation sites (tertiary alicyclic amines) is 1. The van der Waals surface area contributed by atoms with E-state index in [1.807, 2.05) is 30.3 Å². The second-order valence-electron chi connectivity index (χ2n) is 6.91. The predicted molar refractivity (Wildman–Crippen MR) is 104 cm³/mol. The molecule has 1 aromatic heterocycles. The number of para-hydroxylation sites is 1. The van der Waals surface area contributed by atoms with Crippen molar-refractivity contribution in [3.8, 4) is 11.3 Å². The van der Waals surface area contributed by atoms with Crippen molar-refractivity contribution < 1.29 is 14.3 Å². The van der Waals surface area contributed by atoms with Gasteiger partial charge in [-0.2, -0.15) is 0 Å². The molecule has 1 aliphatic rings. The van der Waals surface area contributed by atoms with E-state index in [0.717, 1.165) is 18.4 Å². The van der Waals surface area contributed by atoms with Crippen LogP contribution in [-0.2, 0) is 0 Å². The summed E-state index contributed by atoms with van der Waals surface area (Å²) in [7, 11) is 0. The molecule has 0 spiro atoms. The first-order valence-corrected chi connectivity index (χ1v) is 9.15. The van der Waals surface area contributed by atoms with Crippen molar-refractivity contribution in [1.82, 2.24) is 4.90 Å². The molecule has 1 saturated heterocycles. The van der Waals surface area contributed by atoms with Crippen molar-refractivity contribution in [2.45, 2.75) is 25.8 Å². The molecule has 27 heavy (non-hydrogen) atoms. The van der Waals surface area contributed by atoms with Crippen LogP contribution in [0.4, 0.5) is 0 Å². The number of rotatable bonds is 3. The molecule has 1 amide bonds. The molecule has 0 bridgehead atoms. The van der Waals surface area contributed by atoms with E-state index in [4.69, 9.17) is 4.42 Å². The maximum atomic E-state index is 13.1. The van der Waals surface area contributed by atoms with E-state index in [0.29, 0.717) is 34.4 Å². The first kappa shape index (κ1) is 17.5. The number of hydrogen-bond donors (Lipinski definition) is 1. The minimum absolute atomic E-state index is 0.0607. The van der Waals surface area contributed by atoms with Gasteiger partial charge in [-0.05, 0) is 31.9 Å². The van der Waals surface area contributed by atoms with Crippen LogP contribution in [0.25, 0.3) is 22.3 Å². The molecule has 1 N–H and O–H groups in total. The highest BCUT2D eigenvalue weighted by Gasteiger charge is 2.30. The molecule has 0 aliphatic carbocycles. The Hall–Kier alpha value is -2.92. The van der Waals surface area contributed by atoms with Crippen LogP contribution in [0.1, 0.15) is 28.8 Å². The lowest BCUT2D eigenvalue weighted by molar-refractivity contribution is 0.0678. The second-order valence-corrected chi connectivity index (χ2v) is 6.91. The van der Waals surface area contributed by atoms with Gasteiger partial charge in [-0.25, -0.2) is 0 Å². The van der Waals surface area contributed by atoms with E-state index in [9.17, 15) is 14.7 Å². The Kier molecular flexibility index (Phi) is 4.54. The number of aliphatic hydroxyl groups is 1. The number of fused-ring (bicyclic) bond motifs is 1. The van der Waals surface area contributed by atoms with Crippen LogP contribution in [0.5, 0.6) is 0 Å². The Morgan fingerprint density at radius 2 is 1.96 bits per heavy atom. The molecular formula is C22H21NO4. The molecule has 2 heterocycles. The van der Waals surface area contributed by atoms with Crippen molar-refractivity contribution in [2.75, 3.05) is 13.2 Å². The minimum atomic E-state index is -0.205. The maximum Gasteiger partial charge on any atom is 0.257 e. The van der Waals surface area contributed by atoms with Crippen LogP contribution in [0, 0.1) is 6.92 Å². The smallest absolute Gasteiger partial charge is 0.257 e. The quantitative estimate of drug-likeness (QED) is 0.775. The number of carbonyl (C=O) groups is 1. The lowest BCUT2D eigenvalue weighted by Gasteiger charge is -2.23. The summed E-state index contributed by atoms with van der Waals surface area (Å²) >= 11 is 0. The summed E-state index contributed by atoms with van der Waals surface area (Å²) in [5.41, 5.74) is 1.85.